The maximum absolute atomic E-state index is 13.9. The molecule has 0 amide bonds. The molecule has 3 aromatic heterocycles. The van der Waals surface area contributed by atoms with E-state index in [0.29, 0.717) is 28.6 Å². The van der Waals surface area contributed by atoms with Gasteiger partial charge < -0.3 is 15.0 Å². The van der Waals surface area contributed by atoms with E-state index in [1.165, 1.54) is 35.3 Å². The highest BCUT2D eigenvalue weighted by Crippen LogP contribution is 2.23. The Hall–Kier alpha value is -3.69. The largest absolute Gasteiger partial charge is 0.394 e. The van der Waals surface area contributed by atoms with Gasteiger partial charge in [0.05, 0.1) is 23.4 Å². The topological polar surface area (TPSA) is 106 Å². The van der Waals surface area contributed by atoms with Gasteiger partial charge in [-0.15, -0.1) is 0 Å². The molecule has 0 aliphatic heterocycles. The average molecular weight is 453 g/mol. The highest BCUT2D eigenvalue weighted by Gasteiger charge is 2.16. The Labute approximate surface area is 187 Å². The molecule has 1 atom stereocenters. The van der Waals surface area contributed by atoms with Gasteiger partial charge in [0.2, 0.25) is 5.95 Å². The lowest BCUT2D eigenvalue weighted by Gasteiger charge is -2.18. The van der Waals surface area contributed by atoms with Crippen LogP contribution in [0, 0.1) is 12.7 Å². The Morgan fingerprint density at radius 2 is 2.00 bits per heavy atom. The molecule has 0 saturated carbocycles. The summed E-state index contributed by atoms with van der Waals surface area (Å²) in [6, 6.07) is 9.94. The Kier molecular flexibility index (Phi) is 6.20. The van der Waals surface area contributed by atoms with Crippen molar-refractivity contribution in [2.75, 3.05) is 11.9 Å². The van der Waals surface area contributed by atoms with Gasteiger partial charge in [0, 0.05) is 35.8 Å². The number of nitrogens with zero attached hydrogens (tertiary/aromatic N) is 5. The number of aliphatic hydroxyl groups excluding tert-OH is 1. The van der Waals surface area contributed by atoms with Crippen LogP contribution in [0.1, 0.15) is 17.3 Å². The van der Waals surface area contributed by atoms with Crippen molar-refractivity contribution in [2.24, 2.45) is 0 Å². The van der Waals surface area contributed by atoms with E-state index in [-0.39, 0.29) is 17.2 Å². The third kappa shape index (κ3) is 4.63. The molecule has 0 radical (unpaired) electrons. The Morgan fingerprint density at radius 3 is 2.72 bits per heavy atom. The van der Waals surface area contributed by atoms with Crippen molar-refractivity contribution in [1.29, 1.82) is 0 Å². The van der Waals surface area contributed by atoms with Crippen molar-refractivity contribution < 1.29 is 9.50 Å². The smallest absolute Gasteiger partial charge is 0.251 e. The fourth-order valence-corrected chi connectivity index (χ4v) is 3.31. The molecule has 1 aromatic carbocycles. The minimum Gasteiger partial charge on any atom is -0.394 e. The zero-order chi connectivity index (χ0) is 22.7. The van der Waals surface area contributed by atoms with Crippen LogP contribution in [0.5, 0.6) is 0 Å². The molecule has 0 aliphatic carbocycles. The lowest BCUT2D eigenvalue weighted by atomic mass is 10.1. The van der Waals surface area contributed by atoms with Crippen molar-refractivity contribution >= 4 is 23.4 Å². The third-order valence-corrected chi connectivity index (χ3v) is 5.09. The van der Waals surface area contributed by atoms with Crippen LogP contribution < -0.4 is 10.9 Å². The Balaban J connectivity index is 1.63. The summed E-state index contributed by atoms with van der Waals surface area (Å²) in [5, 5.41) is 12.8. The van der Waals surface area contributed by atoms with Gasteiger partial charge in [0.1, 0.15) is 18.0 Å². The minimum absolute atomic E-state index is 0.0292. The zero-order valence-corrected chi connectivity index (χ0v) is 17.7. The summed E-state index contributed by atoms with van der Waals surface area (Å²) in [5.74, 6) is 0.243. The van der Waals surface area contributed by atoms with Crippen LogP contribution in [0.2, 0.25) is 5.02 Å². The molecule has 0 unspecified atom stereocenters. The molecule has 3 heterocycles. The van der Waals surface area contributed by atoms with E-state index in [1.54, 1.807) is 30.5 Å². The SMILES string of the molecule is Cc1cc(Nc2nccc(-c3ccn([C@H](CO)c4ccc(Cl)c(F)c4)c(=O)c3)n2)ncn1. The molecule has 2 N–H and O–H groups in total. The van der Waals surface area contributed by atoms with Crippen molar-refractivity contribution in [3.8, 4) is 11.3 Å². The quantitative estimate of drug-likeness (QED) is 0.461. The molecule has 162 valence electrons. The fourth-order valence-electron chi connectivity index (χ4n) is 3.20. The van der Waals surface area contributed by atoms with Crippen LogP contribution in [0.3, 0.4) is 0 Å². The van der Waals surface area contributed by atoms with Crippen LogP contribution in [-0.4, -0.2) is 36.2 Å². The molecule has 0 spiro atoms. The van der Waals surface area contributed by atoms with Crippen LogP contribution in [0.15, 0.2) is 66.0 Å². The maximum atomic E-state index is 13.9. The zero-order valence-electron chi connectivity index (χ0n) is 16.9. The van der Waals surface area contributed by atoms with E-state index in [2.05, 4.69) is 25.3 Å². The summed E-state index contributed by atoms with van der Waals surface area (Å²) in [6.45, 7) is 1.46. The first-order valence-corrected chi connectivity index (χ1v) is 9.99. The van der Waals surface area contributed by atoms with E-state index >= 15 is 0 Å². The summed E-state index contributed by atoms with van der Waals surface area (Å²) in [5.41, 5.74) is 1.93. The van der Waals surface area contributed by atoms with Crippen LogP contribution in [-0.2, 0) is 0 Å². The van der Waals surface area contributed by atoms with Gasteiger partial charge in [0.25, 0.3) is 5.56 Å². The number of aryl methyl sites for hydroxylation is 1. The van der Waals surface area contributed by atoms with E-state index < -0.39 is 11.9 Å². The highest BCUT2D eigenvalue weighted by atomic mass is 35.5. The normalized spacial score (nSPS) is 11.9. The highest BCUT2D eigenvalue weighted by molar-refractivity contribution is 6.30. The van der Waals surface area contributed by atoms with E-state index in [4.69, 9.17) is 11.6 Å². The lowest BCUT2D eigenvalue weighted by Crippen LogP contribution is -2.27. The number of aliphatic hydroxyl groups is 1. The van der Waals surface area contributed by atoms with Gasteiger partial charge in [-0.1, -0.05) is 17.7 Å². The van der Waals surface area contributed by atoms with Gasteiger partial charge in [0.15, 0.2) is 0 Å². The van der Waals surface area contributed by atoms with Gasteiger partial charge >= 0.3 is 0 Å². The third-order valence-electron chi connectivity index (χ3n) is 4.78. The number of anilines is 2. The second-order valence-electron chi connectivity index (χ2n) is 6.97. The van der Waals surface area contributed by atoms with E-state index in [0.717, 1.165) is 5.69 Å². The predicted octanol–water partition coefficient (Wildman–Crippen LogP) is 3.52. The molecular weight excluding hydrogens is 435 g/mol. The first kappa shape index (κ1) is 21.5. The minimum atomic E-state index is -0.757. The number of aromatic nitrogens is 5. The number of benzene rings is 1. The molecule has 4 rings (SSSR count). The van der Waals surface area contributed by atoms with Gasteiger partial charge in [-0.05, 0) is 36.8 Å². The molecule has 4 aromatic rings. The summed E-state index contributed by atoms with van der Waals surface area (Å²) >= 11 is 5.74. The average Bonchev–Trinajstić information content (AvgIpc) is 2.78. The van der Waals surface area contributed by atoms with Gasteiger partial charge in [-0.2, -0.15) is 0 Å². The summed E-state index contributed by atoms with van der Waals surface area (Å²) < 4.78 is 15.2. The van der Waals surface area contributed by atoms with Crippen LogP contribution in [0.25, 0.3) is 11.3 Å². The monoisotopic (exact) mass is 452 g/mol. The fraction of sp³-hybridized carbons (Fsp3) is 0.136. The van der Waals surface area contributed by atoms with Crippen molar-refractivity contribution in [2.45, 2.75) is 13.0 Å². The number of rotatable bonds is 6. The number of halogens is 2. The standard InChI is InChI=1S/C22H18ClFN6O2/c1-13-8-20(27-12-26-13)29-22-25-6-4-18(28-22)14-5-7-30(21(32)10-14)19(11-31)15-2-3-16(23)17(24)9-15/h2-10,12,19,31H,11H2,1H3,(H,25,26,27,28,29)/t19-/m1/s1. The van der Waals surface area contributed by atoms with E-state index in [9.17, 15) is 14.3 Å². The molecule has 0 saturated heterocycles. The number of pyridine rings is 1. The summed E-state index contributed by atoms with van der Waals surface area (Å²) in [7, 11) is 0. The predicted molar refractivity (Wildman–Crippen MR) is 118 cm³/mol. The van der Waals surface area contributed by atoms with Crippen molar-refractivity contribution in [3.63, 3.8) is 0 Å². The number of nitrogens with one attached hydrogen (secondary N) is 1. The van der Waals surface area contributed by atoms with Crippen LogP contribution in [0.4, 0.5) is 16.2 Å². The molecule has 32 heavy (non-hydrogen) atoms. The maximum Gasteiger partial charge on any atom is 0.251 e. The number of hydrogen-bond donors (Lipinski definition) is 2. The first-order valence-electron chi connectivity index (χ1n) is 9.61. The first-order chi connectivity index (χ1) is 15.4. The number of hydrogen-bond acceptors (Lipinski definition) is 7. The summed E-state index contributed by atoms with van der Waals surface area (Å²) in [6.07, 6.45) is 4.54. The summed E-state index contributed by atoms with van der Waals surface area (Å²) in [4.78, 5) is 29.6. The van der Waals surface area contributed by atoms with Crippen molar-refractivity contribution in [1.82, 2.24) is 24.5 Å². The molecule has 0 bridgehead atoms. The molecule has 10 heteroatoms. The molecule has 0 aliphatic rings. The van der Waals surface area contributed by atoms with Gasteiger partial charge in [-0.25, -0.2) is 24.3 Å². The molecule has 8 nitrogen and oxygen atoms in total. The lowest BCUT2D eigenvalue weighted by molar-refractivity contribution is 0.247. The molecule has 0 fully saturated rings. The Morgan fingerprint density at radius 1 is 1.16 bits per heavy atom. The second-order valence-corrected chi connectivity index (χ2v) is 7.38. The van der Waals surface area contributed by atoms with E-state index in [1.807, 2.05) is 6.92 Å². The van der Waals surface area contributed by atoms with Crippen molar-refractivity contribution in [3.05, 3.63) is 93.6 Å². The second kappa shape index (κ2) is 9.21. The molecular formula is C22H18ClFN6O2. The van der Waals surface area contributed by atoms with Crippen LogP contribution >= 0.6 is 11.6 Å². The van der Waals surface area contributed by atoms with Gasteiger partial charge in [-0.3, -0.25) is 4.79 Å². The Bertz CT molecular complexity index is 1330.